The first-order chi connectivity index (χ1) is 12.4. The Balaban J connectivity index is 0.00000168. The minimum Gasteiger partial charge on any atom is -1.00 e. The number of aromatic nitrogens is 1. The summed E-state index contributed by atoms with van der Waals surface area (Å²) in [5.74, 6) is 1.32. The van der Waals surface area contributed by atoms with Gasteiger partial charge in [-0.2, -0.15) is 0 Å². The molecule has 0 bridgehead atoms. The van der Waals surface area contributed by atoms with Crippen molar-refractivity contribution in [2.75, 3.05) is 11.4 Å². The number of pyridine rings is 1. The van der Waals surface area contributed by atoms with Crippen LogP contribution < -0.4 is 26.4 Å². The number of benzene rings is 3. The molecule has 0 spiro atoms. The van der Waals surface area contributed by atoms with Gasteiger partial charge in [0, 0.05) is 10.8 Å². The van der Waals surface area contributed by atoms with Crippen molar-refractivity contribution in [3.63, 3.8) is 0 Å². The second-order valence-electron chi connectivity index (χ2n) is 6.71. The van der Waals surface area contributed by atoms with E-state index in [0.717, 1.165) is 19.5 Å². The summed E-state index contributed by atoms with van der Waals surface area (Å²) in [6.07, 6.45) is 1.08. The Kier molecular flexibility index (Phi) is 4.41. The molecule has 1 aromatic heterocycles. The third-order valence-electron chi connectivity index (χ3n) is 5.37. The summed E-state index contributed by atoms with van der Waals surface area (Å²) >= 11 is 0. The molecule has 0 saturated heterocycles. The Hall–Kier alpha value is -2.39. The van der Waals surface area contributed by atoms with Gasteiger partial charge >= 0.3 is 0 Å². The van der Waals surface area contributed by atoms with Crippen LogP contribution in [-0.4, -0.2) is 6.54 Å². The Morgan fingerprint density at radius 1 is 0.808 bits per heavy atom. The van der Waals surface area contributed by atoms with E-state index in [1.54, 1.807) is 0 Å². The highest BCUT2D eigenvalue weighted by Crippen LogP contribution is 2.35. The second-order valence-corrected chi connectivity index (χ2v) is 6.71. The number of rotatable bonds is 2. The number of fused-ring (bicyclic) bond motifs is 6. The highest BCUT2D eigenvalue weighted by molar-refractivity contribution is 6.08. The SMILES string of the molecule is CCc1ccc(N2CC[n+]3c2c2ccccc2c2ccccc23)cc1.[Br-]. The van der Waals surface area contributed by atoms with Crippen molar-refractivity contribution in [2.24, 2.45) is 0 Å². The smallest absolute Gasteiger partial charge is 0.290 e. The molecule has 0 aliphatic carbocycles. The first kappa shape index (κ1) is 17.0. The lowest BCUT2D eigenvalue weighted by atomic mass is 10.1. The number of hydrogen-bond acceptors (Lipinski definition) is 1. The van der Waals surface area contributed by atoms with Gasteiger partial charge in [-0.1, -0.05) is 55.5 Å². The van der Waals surface area contributed by atoms with Crippen LogP contribution in [0.5, 0.6) is 0 Å². The lowest BCUT2D eigenvalue weighted by Gasteiger charge is -2.14. The summed E-state index contributed by atoms with van der Waals surface area (Å²) in [5.41, 5.74) is 3.99. The molecule has 5 rings (SSSR count). The monoisotopic (exact) mass is 404 g/mol. The molecule has 2 heterocycles. The number of hydrogen-bond donors (Lipinski definition) is 0. The van der Waals surface area contributed by atoms with Crippen molar-refractivity contribution in [2.45, 2.75) is 19.9 Å². The van der Waals surface area contributed by atoms with Gasteiger partial charge in [0.05, 0.1) is 5.39 Å². The number of halogens is 1. The quantitative estimate of drug-likeness (QED) is 0.366. The van der Waals surface area contributed by atoms with Crippen LogP contribution in [0, 0.1) is 0 Å². The van der Waals surface area contributed by atoms with Crippen molar-refractivity contribution < 1.29 is 21.5 Å². The summed E-state index contributed by atoms with van der Waals surface area (Å²) in [5, 5.41) is 4.00. The minimum absolute atomic E-state index is 0. The van der Waals surface area contributed by atoms with Crippen LogP contribution in [-0.2, 0) is 13.0 Å². The van der Waals surface area contributed by atoms with Gasteiger partial charge < -0.3 is 17.0 Å². The molecule has 0 N–H and O–H groups in total. The van der Waals surface area contributed by atoms with Crippen LogP contribution in [0.25, 0.3) is 21.7 Å². The maximum Gasteiger partial charge on any atom is 0.290 e. The Bertz CT molecular complexity index is 1090. The normalized spacial score (nSPS) is 13.0. The van der Waals surface area contributed by atoms with Crippen LogP contribution in [0.3, 0.4) is 0 Å². The van der Waals surface area contributed by atoms with Crippen LogP contribution in [0.1, 0.15) is 12.5 Å². The first-order valence-electron chi connectivity index (χ1n) is 9.06. The van der Waals surface area contributed by atoms with Gasteiger partial charge in [0.25, 0.3) is 5.82 Å². The molecule has 3 aromatic carbocycles. The fraction of sp³-hybridized carbons (Fsp3) is 0.174. The summed E-state index contributed by atoms with van der Waals surface area (Å²) in [7, 11) is 0. The maximum absolute atomic E-state index is 2.48. The van der Waals surface area contributed by atoms with Crippen molar-refractivity contribution in [1.29, 1.82) is 0 Å². The van der Waals surface area contributed by atoms with E-state index in [4.69, 9.17) is 0 Å². The van der Waals surface area contributed by atoms with Gasteiger partial charge in [-0.05, 0) is 36.2 Å². The molecular weight excluding hydrogens is 384 g/mol. The highest BCUT2D eigenvalue weighted by atomic mass is 79.9. The van der Waals surface area contributed by atoms with E-state index < -0.39 is 0 Å². The molecular formula is C23H21BrN2. The number of aryl methyl sites for hydroxylation is 1. The molecule has 2 nitrogen and oxygen atoms in total. The van der Waals surface area contributed by atoms with Gasteiger partial charge in [-0.25, -0.2) is 9.47 Å². The Labute approximate surface area is 164 Å². The summed E-state index contributed by atoms with van der Waals surface area (Å²) in [4.78, 5) is 2.47. The fourth-order valence-electron chi connectivity index (χ4n) is 4.10. The predicted molar refractivity (Wildman–Crippen MR) is 104 cm³/mol. The number of anilines is 2. The average molecular weight is 405 g/mol. The van der Waals surface area contributed by atoms with Crippen LogP contribution in [0.4, 0.5) is 11.5 Å². The van der Waals surface area contributed by atoms with E-state index in [1.807, 2.05) is 0 Å². The van der Waals surface area contributed by atoms with Gasteiger partial charge in [0.2, 0.25) is 0 Å². The van der Waals surface area contributed by atoms with E-state index in [0.29, 0.717) is 0 Å². The topological polar surface area (TPSA) is 7.12 Å². The third kappa shape index (κ3) is 2.50. The van der Waals surface area contributed by atoms with Gasteiger partial charge in [-0.15, -0.1) is 0 Å². The zero-order valence-corrected chi connectivity index (χ0v) is 16.4. The molecule has 0 radical (unpaired) electrons. The Morgan fingerprint density at radius 3 is 2.19 bits per heavy atom. The summed E-state index contributed by atoms with van der Waals surface area (Å²) in [6.45, 7) is 4.25. The predicted octanol–water partition coefficient (Wildman–Crippen LogP) is 2.00. The fourth-order valence-corrected chi connectivity index (χ4v) is 4.10. The van der Waals surface area contributed by atoms with Crippen molar-refractivity contribution in [3.8, 4) is 0 Å². The number of nitrogens with zero attached hydrogens (tertiary/aromatic N) is 2. The maximum atomic E-state index is 2.48. The zero-order chi connectivity index (χ0) is 16.8. The van der Waals surface area contributed by atoms with Crippen LogP contribution >= 0.6 is 0 Å². The largest absolute Gasteiger partial charge is 1.00 e. The lowest BCUT2D eigenvalue weighted by molar-refractivity contribution is -0.643. The van der Waals surface area contributed by atoms with E-state index in [-0.39, 0.29) is 17.0 Å². The van der Waals surface area contributed by atoms with E-state index >= 15 is 0 Å². The third-order valence-corrected chi connectivity index (χ3v) is 5.37. The van der Waals surface area contributed by atoms with Gasteiger partial charge in [-0.3, -0.25) is 0 Å². The van der Waals surface area contributed by atoms with Crippen LogP contribution in [0.2, 0.25) is 0 Å². The van der Waals surface area contributed by atoms with Gasteiger partial charge in [0.15, 0.2) is 0 Å². The summed E-state index contributed by atoms with van der Waals surface area (Å²) in [6, 6.07) is 26.6. The molecule has 0 unspecified atom stereocenters. The molecule has 3 heteroatoms. The van der Waals surface area contributed by atoms with Gasteiger partial charge in [0.1, 0.15) is 24.3 Å². The van der Waals surface area contributed by atoms with Crippen LogP contribution in [0.15, 0.2) is 72.8 Å². The standard InChI is InChI=1S/C23H21N2.BrH/c1-2-17-11-13-18(14-12-17)24-15-16-25-22-10-6-5-8-20(22)19-7-3-4-9-21(19)23(24)25;/h3-14H,2,15-16H2,1H3;1H/q+1;/p-1. The molecule has 0 atom stereocenters. The first-order valence-corrected chi connectivity index (χ1v) is 9.06. The van der Waals surface area contributed by atoms with Crippen molar-refractivity contribution in [3.05, 3.63) is 78.4 Å². The average Bonchev–Trinajstić information content (AvgIpc) is 3.14. The number of para-hydroxylation sites is 1. The molecule has 26 heavy (non-hydrogen) atoms. The molecule has 1 aliphatic heterocycles. The Morgan fingerprint density at radius 2 is 1.46 bits per heavy atom. The zero-order valence-electron chi connectivity index (χ0n) is 14.8. The highest BCUT2D eigenvalue weighted by Gasteiger charge is 2.33. The molecule has 130 valence electrons. The molecule has 0 fully saturated rings. The minimum atomic E-state index is 0. The molecule has 0 saturated carbocycles. The molecule has 1 aliphatic rings. The van der Waals surface area contributed by atoms with E-state index in [1.165, 1.54) is 38.7 Å². The lowest BCUT2D eigenvalue weighted by Crippen LogP contribution is -3.00. The van der Waals surface area contributed by atoms with E-state index in [9.17, 15) is 0 Å². The van der Waals surface area contributed by atoms with Crippen molar-refractivity contribution >= 4 is 33.2 Å². The van der Waals surface area contributed by atoms with E-state index in [2.05, 4.69) is 89.2 Å². The van der Waals surface area contributed by atoms with Crippen molar-refractivity contribution in [1.82, 2.24) is 0 Å². The second kappa shape index (κ2) is 6.73. The summed E-state index contributed by atoms with van der Waals surface area (Å²) < 4.78 is 2.48. The molecule has 4 aromatic rings. The molecule has 0 amide bonds.